The Hall–Kier alpha value is -4.27. The number of phenolic OH excluding ortho intramolecular Hbond substituents is 1. The number of amides is 1. The van der Waals surface area contributed by atoms with Gasteiger partial charge >= 0.3 is 5.63 Å². The Bertz CT molecular complexity index is 1470. The molecule has 0 spiro atoms. The topological polar surface area (TPSA) is 145 Å². The lowest BCUT2D eigenvalue weighted by Gasteiger charge is -2.23. The van der Waals surface area contributed by atoms with Crippen LogP contribution >= 0.6 is 0 Å². The van der Waals surface area contributed by atoms with E-state index in [1.165, 1.54) is 25.1 Å². The molecule has 0 saturated heterocycles. The highest BCUT2D eigenvalue weighted by atomic mass is 16.5. The minimum Gasteiger partial charge on any atom is -0.548 e. The van der Waals surface area contributed by atoms with E-state index in [0.717, 1.165) is 16.5 Å². The molecule has 0 radical (unpaired) electrons. The van der Waals surface area contributed by atoms with Crippen molar-refractivity contribution in [3.8, 4) is 11.5 Å². The molecular formula is C25H23N2O7-. The maximum atomic E-state index is 12.7. The summed E-state index contributed by atoms with van der Waals surface area (Å²) < 4.78 is 11.1. The van der Waals surface area contributed by atoms with Gasteiger partial charge in [-0.3, -0.25) is 4.79 Å². The van der Waals surface area contributed by atoms with Crippen molar-refractivity contribution in [3.63, 3.8) is 0 Å². The number of hydrogen-bond donors (Lipinski definition) is 3. The van der Waals surface area contributed by atoms with E-state index in [2.05, 4.69) is 10.3 Å². The van der Waals surface area contributed by atoms with E-state index in [-0.39, 0.29) is 12.2 Å². The van der Waals surface area contributed by atoms with Gasteiger partial charge in [0.25, 0.3) is 5.91 Å². The summed E-state index contributed by atoms with van der Waals surface area (Å²) in [5.41, 5.74) is 2.51. The lowest BCUT2D eigenvalue weighted by Crippen LogP contribution is -2.52. The monoisotopic (exact) mass is 463 g/mol. The van der Waals surface area contributed by atoms with E-state index in [0.29, 0.717) is 27.8 Å². The van der Waals surface area contributed by atoms with Crippen molar-refractivity contribution < 1.29 is 29.0 Å². The van der Waals surface area contributed by atoms with Crippen LogP contribution in [0.2, 0.25) is 0 Å². The molecule has 0 aliphatic heterocycles. The highest BCUT2D eigenvalue weighted by Gasteiger charge is 2.22. The number of hydrogen-bond acceptors (Lipinski definition) is 7. The number of aromatic amines is 1. The first-order chi connectivity index (χ1) is 16.1. The number of rotatable bonds is 7. The van der Waals surface area contributed by atoms with Gasteiger partial charge < -0.3 is 34.5 Å². The summed E-state index contributed by atoms with van der Waals surface area (Å²) in [5, 5.41) is 25.3. The van der Waals surface area contributed by atoms with Crippen molar-refractivity contribution in [2.45, 2.75) is 39.3 Å². The Morgan fingerprint density at radius 1 is 1.18 bits per heavy atom. The smallest absolute Gasteiger partial charge is 0.336 e. The molecule has 176 valence electrons. The van der Waals surface area contributed by atoms with Crippen LogP contribution in [0.4, 0.5) is 0 Å². The minimum absolute atomic E-state index is 0.0428. The maximum absolute atomic E-state index is 12.7. The van der Waals surface area contributed by atoms with Crippen LogP contribution in [0.1, 0.15) is 23.6 Å². The molecule has 0 bridgehead atoms. The summed E-state index contributed by atoms with van der Waals surface area (Å²) in [6.45, 7) is 4.99. The number of H-pyrrole nitrogens is 1. The molecule has 2 aromatic carbocycles. The molecule has 4 rings (SSSR count). The van der Waals surface area contributed by atoms with Gasteiger partial charge in [0, 0.05) is 40.5 Å². The molecule has 2 heterocycles. The van der Waals surface area contributed by atoms with Crippen LogP contribution in [0.5, 0.6) is 11.5 Å². The number of benzene rings is 2. The van der Waals surface area contributed by atoms with E-state index >= 15 is 0 Å². The molecule has 0 fully saturated rings. The fraction of sp³-hybridized carbons (Fsp3) is 0.240. The van der Waals surface area contributed by atoms with E-state index in [4.69, 9.17) is 9.15 Å². The molecule has 3 N–H and O–H groups in total. The second-order valence-electron chi connectivity index (χ2n) is 8.20. The van der Waals surface area contributed by atoms with Gasteiger partial charge in [0.15, 0.2) is 6.10 Å². The lowest BCUT2D eigenvalue weighted by molar-refractivity contribution is -0.308. The minimum atomic E-state index is -1.45. The van der Waals surface area contributed by atoms with Crippen LogP contribution in [0.15, 0.2) is 51.8 Å². The number of carbonyl (C=O) groups excluding carboxylic acids is 2. The summed E-state index contributed by atoms with van der Waals surface area (Å²) in [7, 11) is 0. The van der Waals surface area contributed by atoms with Crippen LogP contribution in [-0.4, -0.2) is 34.1 Å². The molecule has 2 atom stereocenters. The maximum Gasteiger partial charge on any atom is 0.336 e. The molecule has 9 heteroatoms. The first kappa shape index (κ1) is 22.9. The number of aromatic hydroxyl groups is 1. The standard InChI is InChI=1S/C25H24N2O7/c1-12-8-22(29)34-23-13(2)21(7-5-17(12)23)33-14(3)24(30)27-20(25(31)32)9-15-11-26-19-6-4-16(28)10-18(15)19/h4-8,10-11,14,20,26,28H,9H2,1-3H3,(H,27,30)(H,31,32)/p-1/t14-,20-/m1/s1. The summed E-state index contributed by atoms with van der Waals surface area (Å²) in [5.74, 6) is -1.72. The SMILES string of the molecule is Cc1cc(=O)oc2c(C)c(O[C@H](C)C(=O)N[C@H](Cc3c[nH]c4ccc(O)cc34)C(=O)[O-])ccc12. The molecule has 4 aromatic rings. The average Bonchev–Trinajstić information content (AvgIpc) is 3.17. The number of carboxylic acid groups (broad SMARTS) is 1. The Balaban J connectivity index is 1.51. The van der Waals surface area contributed by atoms with Gasteiger partial charge in [-0.05, 0) is 62.2 Å². The first-order valence-electron chi connectivity index (χ1n) is 10.6. The highest BCUT2D eigenvalue weighted by Crippen LogP contribution is 2.29. The summed E-state index contributed by atoms with van der Waals surface area (Å²) in [4.78, 5) is 39.3. The largest absolute Gasteiger partial charge is 0.548 e. The molecule has 0 aliphatic rings. The van der Waals surface area contributed by atoms with Crippen molar-refractivity contribution in [1.29, 1.82) is 0 Å². The predicted octanol–water partition coefficient (Wildman–Crippen LogP) is 1.84. The third-order valence-corrected chi connectivity index (χ3v) is 5.77. The number of aromatic nitrogens is 1. The van der Waals surface area contributed by atoms with E-state index in [1.54, 1.807) is 38.2 Å². The number of aliphatic carboxylic acids is 1. The van der Waals surface area contributed by atoms with Crippen LogP contribution < -0.4 is 20.8 Å². The van der Waals surface area contributed by atoms with E-state index in [1.807, 2.05) is 0 Å². The second-order valence-corrected chi connectivity index (χ2v) is 8.20. The van der Waals surface area contributed by atoms with Gasteiger partial charge in [-0.25, -0.2) is 4.79 Å². The second kappa shape index (κ2) is 8.93. The van der Waals surface area contributed by atoms with Gasteiger partial charge in [-0.1, -0.05) is 0 Å². The van der Waals surface area contributed by atoms with Crippen molar-refractivity contribution in [2.24, 2.45) is 0 Å². The lowest BCUT2D eigenvalue weighted by atomic mass is 10.0. The molecular weight excluding hydrogens is 440 g/mol. The third kappa shape index (κ3) is 4.45. The molecule has 2 aromatic heterocycles. The zero-order chi connectivity index (χ0) is 24.6. The zero-order valence-corrected chi connectivity index (χ0v) is 18.8. The number of carboxylic acids is 1. The number of nitrogens with one attached hydrogen (secondary N) is 2. The van der Waals surface area contributed by atoms with Gasteiger partial charge in [0.2, 0.25) is 0 Å². The predicted molar refractivity (Wildman–Crippen MR) is 123 cm³/mol. The summed E-state index contributed by atoms with van der Waals surface area (Å²) in [6, 6.07) is 8.18. The number of aryl methyl sites for hydroxylation is 2. The number of carbonyl (C=O) groups is 2. The van der Waals surface area contributed by atoms with Crippen LogP contribution in [0.25, 0.3) is 21.9 Å². The van der Waals surface area contributed by atoms with E-state index < -0.39 is 29.6 Å². The molecule has 0 saturated carbocycles. The number of fused-ring (bicyclic) bond motifs is 2. The Kier molecular flexibility index (Phi) is 6.02. The Morgan fingerprint density at radius 3 is 2.68 bits per heavy atom. The van der Waals surface area contributed by atoms with Gasteiger partial charge in [0.05, 0.1) is 12.0 Å². The Labute approximate surface area is 194 Å². The zero-order valence-electron chi connectivity index (χ0n) is 18.8. The summed E-state index contributed by atoms with van der Waals surface area (Å²) >= 11 is 0. The normalized spacial score (nSPS) is 13.0. The van der Waals surface area contributed by atoms with Crippen LogP contribution in [0, 0.1) is 13.8 Å². The fourth-order valence-electron chi connectivity index (χ4n) is 3.91. The quantitative estimate of drug-likeness (QED) is 0.355. The number of ether oxygens (including phenoxy) is 1. The van der Waals surface area contributed by atoms with Gasteiger partial charge in [-0.15, -0.1) is 0 Å². The van der Waals surface area contributed by atoms with Gasteiger partial charge in [-0.2, -0.15) is 0 Å². The third-order valence-electron chi connectivity index (χ3n) is 5.77. The molecule has 0 unspecified atom stereocenters. The first-order valence-corrected chi connectivity index (χ1v) is 10.6. The Morgan fingerprint density at radius 2 is 1.94 bits per heavy atom. The van der Waals surface area contributed by atoms with Crippen LogP contribution in [0.3, 0.4) is 0 Å². The van der Waals surface area contributed by atoms with Crippen molar-refractivity contribution in [3.05, 3.63) is 69.7 Å². The van der Waals surface area contributed by atoms with Crippen molar-refractivity contribution in [2.75, 3.05) is 0 Å². The molecule has 34 heavy (non-hydrogen) atoms. The molecule has 0 aliphatic carbocycles. The average molecular weight is 463 g/mol. The van der Waals surface area contributed by atoms with E-state index in [9.17, 15) is 24.6 Å². The van der Waals surface area contributed by atoms with Crippen molar-refractivity contribution in [1.82, 2.24) is 10.3 Å². The number of phenols is 1. The fourth-order valence-corrected chi connectivity index (χ4v) is 3.91. The highest BCUT2D eigenvalue weighted by molar-refractivity contribution is 5.89. The van der Waals surface area contributed by atoms with Crippen LogP contribution in [-0.2, 0) is 16.0 Å². The van der Waals surface area contributed by atoms with Gasteiger partial charge in [0.1, 0.15) is 17.1 Å². The molecule has 9 nitrogen and oxygen atoms in total. The van der Waals surface area contributed by atoms with Crippen molar-refractivity contribution >= 4 is 33.7 Å². The summed E-state index contributed by atoms with van der Waals surface area (Å²) in [6.07, 6.45) is 0.533. The molecule has 1 amide bonds.